The Morgan fingerprint density at radius 1 is 1.67 bits per heavy atom. The van der Waals surface area contributed by atoms with Crippen molar-refractivity contribution >= 4 is 0 Å². The van der Waals surface area contributed by atoms with Crippen molar-refractivity contribution in [3.05, 3.63) is 12.3 Å². The van der Waals surface area contributed by atoms with E-state index in [1.165, 1.54) is 0 Å². The molecule has 0 aromatic rings. The fourth-order valence-electron chi connectivity index (χ4n) is 0.434. The van der Waals surface area contributed by atoms with Crippen molar-refractivity contribution in [1.29, 1.82) is 0 Å². The molecule has 0 saturated heterocycles. The van der Waals surface area contributed by atoms with E-state index in [9.17, 15) is 0 Å². The fraction of sp³-hybridized carbons (Fsp3) is 0.600. The summed E-state index contributed by atoms with van der Waals surface area (Å²) >= 11 is 0. The maximum absolute atomic E-state index is 4.83. The molecule has 0 fully saturated rings. The standard InChI is InChI=1S/C5H7O/c1-2-4-6-5-3-1/h5H,1-2,4H2. The van der Waals surface area contributed by atoms with Gasteiger partial charge in [0.25, 0.3) is 0 Å². The van der Waals surface area contributed by atoms with Crippen LogP contribution >= 0.6 is 0 Å². The van der Waals surface area contributed by atoms with Gasteiger partial charge in [-0.1, -0.05) is 0 Å². The highest BCUT2D eigenvalue weighted by molar-refractivity contribution is 4.67. The number of allylic oxidation sites excluding steroid dienone is 1. The highest BCUT2D eigenvalue weighted by atomic mass is 16.5. The van der Waals surface area contributed by atoms with Gasteiger partial charge in [-0.25, -0.2) is 0 Å². The second kappa shape index (κ2) is 1.85. The third-order valence-corrected chi connectivity index (χ3v) is 0.750. The molecule has 1 nitrogen and oxygen atoms in total. The molecule has 33 valence electrons. The van der Waals surface area contributed by atoms with Crippen LogP contribution in [0.5, 0.6) is 0 Å². The first-order chi connectivity index (χ1) is 3.00. The summed E-state index contributed by atoms with van der Waals surface area (Å²) in [5, 5.41) is 0. The first-order valence-corrected chi connectivity index (χ1v) is 2.17. The Kier molecular flexibility index (Phi) is 1.15. The molecule has 0 aromatic heterocycles. The van der Waals surface area contributed by atoms with Crippen LogP contribution in [0.1, 0.15) is 12.8 Å². The summed E-state index contributed by atoms with van der Waals surface area (Å²) in [6, 6.07) is 0. The second-order valence-electron chi connectivity index (χ2n) is 1.30. The molecule has 0 N–H and O–H groups in total. The molecule has 6 heavy (non-hydrogen) atoms. The normalized spacial score (nSPS) is 20.0. The Hall–Kier alpha value is -0.460. The molecule has 0 atom stereocenters. The maximum atomic E-state index is 4.83. The summed E-state index contributed by atoms with van der Waals surface area (Å²) in [6.07, 6.45) is 6.78. The van der Waals surface area contributed by atoms with Gasteiger partial charge in [0, 0.05) is 0 Å². The Morgan fingerprint density at radius 2 is 2.67 bits per heavy atom. The molecular formula is C5H7O. The van der Waals surface area contributed by atoms with E-state index in [-0.39, 0.29) is 0 Å². The first-order valence-electron chi connectivity index (χ1n) is 2.17. The van der Waals surface area contributed by atoms with E-state index in [0.717, 1.165) is 19.4 Å². The third kappa shape index (κ3) is 0.744. The van der Waals surface area contributed by atoms with Crippen LogP contribution in [0.25, 0.3) is 0 Å². The molecule has 0 amide bonds. The molecular weight excluding hydrogens is 76.1 g/mol. The number of hydrogen-bond acceptors (Lipinski definition) is 1. The van der Waals surface area contributed by atoms with Crippen molar-refractivity contribution in [2.75, 3.05) is 6.61 Å². The van der Waals surface area contributed by atoms with Gasteiger partial charge in [-0.3, -0.25) is 0 Å². The van der Waals surface area contributed by atoms with E-state index < -0.39 is 0 Å². The molecule has 1 heteroatoms. The quantitative estimate of drug-likeness (QED) is 0.426. The Labute approximate surface area is 37.6 Å². The molecule has 0 aromatic carbocycles. The average molecular weight is 83.1 g/mol. The molecule has 1 aliphatic rings. The van der Waals surface area contributed by atoms with E-state index in [0.29, 0.717) is 0 Å². The summed E-state index contributed by atoms with van der Waals surface area (Å²) in [5.41, 5.74) is 0. The van der Waals surface area contributed by atoms with Crippen LogP contribution < -0.4 is 0 Å². The Morgan fingerprint density at radius 3 is 2.83 bits per heavy atom. The lowest BCUT2D eigenvalue weighted by Gasteiger charge is -2.01. The number of rotatable bonds is 0. The monoisotopic (exact) mass is 83.0 g/mol. The van der Waals surface area contributed by atoms with Crippen LogP contribution in [0.15, 0.2) is 6.26 Å². The highest BCUT2D eigenvalue weighted by Gasteiger charge is 1.87. The summed E-state index contributed by atoms with van der Waals surface area (Å²) in [7, 11) is 0. The van der Waals surface area contributed by atoms with Crippen LogP contribution in [-0.4, -0.2) is 6.61 Å². The van der Waals surface area contributed by atoms with Gasteiger partial charge in [0.2, 0.25) is 0 Å². The zero-order chi connectivity index (χ0) is 4.24. The minimum atomic E-state index is 0.882. The van der Waals surface area contributed by atoms with Crippen molar-refractivity contribution in [1.82, 2.24) is 0 Å². The van der Waals surface area contributed by atoms with Gasteiger partial charge in [0.15, 0.2) is 0 Å². The summed E-state index contributed by atoms with van der Waals surface area (Å²) in [4.78, 5) is 0. The van der Waals surface area contributed by atoms with E-state index in [2.05, 4.69) is 6.08 Å². The van der Waals surface area contributed by atoms with Crippen molar-refractivity contribution in [2.24, 2.45) is 0 Å². The molecule has 0 aliphatic carbocycles. The van der Waals surface area contributed by atoms with E-state index in [1.54, 1.807) is 6.26 Å². The van der Waals surface area contributed by atoms with Crippen LogP contribution in [0.2, 0.25) is 0 Å². The molecule has 0 spiro atoms. The smallest absolute Gasteiger partial charge is 0.0876 e. The Bertz CT molecular complexity index is 49.0. The van der Waals surface area contributed by atoms with Gasteiger partial charge in [0.1, 0.15) is 0 Å². The fourth-order valence-corrected chi connectivity index (χ4v) is 0.434. The molecule has 1 rings (SSSR count). The zero-order valence-corrected chi connectivity index (χ0v) is 3.61. The molecule has 1 aliphatic heterocycles. The lowest BCUT2D eigenvalue weighted by molar-refractivity contribution is 0.227. The van der Waals surface area contributed by atoms with E-state index in [1.807, 2.05) is 0 Å². The van der Waals surface area contributed by atoms with Crippen molar-refractivity contribution in [3.63, 3.8) is 0 Å². The molecule has 1 heterocycles. The van der Waals surface area contributed by atoms with Crippen LogP contribution in [0.3, 0.4) is 0 Å². The van der Waals surface area contributed by atoms with Crippen LogP contribution in [0, 0.1) is 6.08 Å². The molecule has 0 unspecified atom stereocenters. The van der Waals surface area contributed by atoms with Crippen molar-refractivity contribution in [3.8, 4) is 0 Å². The highest BCUT2D eigenvalue weighted by Crippen LogP contribution is 1.96. The van der Waals surface area contributed by atoms with Gasteiger partial charge in [-0.15, -0.1) is 0 Å². The average Bonchev–Trinajstić information content (AvgIpc) is 1.72. The summed E-state index contributed by atoms with van der Waals surface area (Å²) < 4.78 is 4.83. The maximum Gasteiger partial charge on any atom is 0.0876 e. The molecule has 0 saturated carbocycles. The van der Waals surface area contributed by atoms with Gasteiger partial charge in [-0.2, -0.15) is 0 Å². The number of ether oxygens (including phenoxy) is 1. The third-order valence-electron chi connectivity index (χ3n) is 0.750. The van der Waals surface area contributed by atoms with Crippen molar-refractivity contribution in [2.45, 2.75) is 12.8 Å². The number of hydrogen-bond donors (Lipinski definition) is 0. The lowest BCUT2D eigenvalue weighted by atomic mass is 10.3. The topological polar surface area (TPSA) is 9.23 Å². The van der Waals surface area contributed by atoms with E-state index in [4.69, 9.17) is 4.74 Å². The predicted octanol–water partition coefficient (Wildman–Crippen LogP) is 1.11. The van der Waals surface area contributed by atoms with Crippen molar-refractivity contribution < 1.29 is 4.74 Å². The summed E-state index contributed by atoms with van der Waals surface area (Å²) in [5.74, 6) is 0. The minimum Gasteiger partial charge on any atom is -0.501 e. The first kappa shape index (κ1) is 3.72. The van der Waals surface area contributed by atoms with Crippen LogP contribution in [0.4, 0.5) is 0 Å². The SMILES string of the molecule is [C]1=COCCC1. The van der Waals surface area contributed by atoms with Crippen LogP contribution in [-0.2, 0) is 4.74 Å². The molecule has 0 bridgehead atoms. The Balaban J connectivity index is 2.26. The zero-order valence-electron chi connectivity index (χ0n) is 3.61. The summed E-state index contributed by atoms with van der Waals surface area (Å²) in [6.45, 7) is 0.882. The lowest BCUT2D eigenvalue weighted by Crippen LogP contribution is -1.90. The second-order valence-corrected chi connectivity index (χ2v) is 1.30. The largest absolute Gasteiger partial charge is 0.501 e. The van der Waals surface area contributed by atoms with Gasteiger partial charge in [-0.05, 0) is 18.9 Å². The molecule has 1 radical (unpaired) electrons. The van der Waals surface area contributed by atoms with E-state index >= 15 is 0 Å². The predicted molar refractivity (Wildman–Crippen MR) is 23.0 cm³/mol. The minimum absolute atomic E-state index is 0.882. The van der Waals surface area contributed by atoms with Gasteiger partial charge < -0.3 is 4.74 Å². The van der Waals surface area contributed by atoms with Gasteiger partial charge >= 0.3 is 0 Å². The van der Waals surface area contributed by atoms with Gasteiger partial charge in [0.05, 0.1) is 12.9 Å².